The van der Waals surface area contributed by atoms with Crippen LogP contribution < -0.4 is 79.7 Å². The van der Waals surface area contributed by atoms with E-state index in [9.17, 15) is 34.5 Å². The minimum atomic E-state index is -1.60. The average Bonchev–Trinajstić information content (AvgIpc) is 3.73. The monoisotopic (exact) mass is 661 g/mol. The van der Waals surface area contributed by atoms with Gasteiger partial charge in [-0.15, -0.1) is 0 Å². The molecule has 0 bridgehead atoms. The molecule has 2 aromatic rings. The molecule has 12 nitrogen and oxygen atoms in total. The summed E-state index contributed by atoms with van der Waals surface area (Å²) in [5.41, 5.74) is 0.639. The maximum Gasteiger partial charge on any atom is 1.00 e. The van der Waals surface area contributed by atoms with E-state index in [0.29, 0.717) is 36.6 Å². The van der Waals surface area contributed by atoms with Crippen molar-refractivity contribution >= 4 is 63.9 Å². The number of thioether (sulfide) groups is 1. The van der Waals surface area contributed by atoms with Crippen molar-refractivity contribution in [3.05, 3.63) is 50.5 Å². The number of piperazine rings is 1. The molecule has 0 spiro atoms. The van der Waals surface area contributed by atoms with Crippen molar-refractivity contribution in [2.45, 2.75) is 37.3 Å². The third-order valence-corrected chi connectivity index (χ3v) is 9.81. The first kappa shape index (κ1) is 35.3. The van der Waals surface area contributed by atoms with Crippen molar-refractivity contribution in [3.8, 4) is 0 Å². The Labute approximate surface area is 305 Å². The number of aliphatic hydroxyl groups excluding tert-OH is 1. The number of pyridine rings is 1. The summed E-state index contributed by atoms with van der Waals surface area (Å²) in [5, 5.41) is 36.5. The number of nitrogens with zero attached hydrogens (tertiary/aromatic N) is 5. The predicted molar refractivity (Wildman–Crippen MR) is 150 cm³/mol. The third kappa shape index (κ3) is 6.12. The number of aliphatic hydroxyl groups is 1. The number of carboxylic acids is 2. The molecule has 2 saturated heterocycles. The van der Waals surface area contributed by atoms with Crippen LogP contribution in [0.1, 0.15) is 36.2 Å². The van der Waals surface area contributed by atoms with Crippen molar-refractivity contribution in [1.29, 1.82) is 0 Å². The Kier molecular flexibility index (Phi) is 11.0. The van der Waals surface area contributed by atoms with Gasteiger partial charge in [-0.05, 0) is 31.9 Å². The van der Waals surface area contributed by atoms with Gasteiger partial charge in [-0.25, -0.2) is 9.40 Å². The van der Waals surface area contributed by atoms with Gasteiger partial charge in [0.05, 0.1) is 58.5 Å². The number of aromatic carboxylic acids is 1. The molecule has 1 aromatic carbocycles. The first-order chi connectivity index (χ1) is 20.0. The summed E-state index contributed by atoms with van der Waals surface area (Å²) < 4.78 is 17.1. The minimum absolute atomic E-state index is 0. The molecular weight excluding hydrogens is 635 g/mol. The van der Waals surface area contributed by atoms with Crippen LogP contribution in [0.15, 0.2) is 33.7 Å². The fourth-order valence-corrected chi connectivity index (χ4v) is 7.71. The van der Waals surface area contributed by atoms with Crippen LogP contribution in [0.4, 0.5) is 10.1 Å². The molecule has 3 fully saturated rings. The Morgan fingerprint density at radius 1 is 1.16 bits per heavy atom. The molecule has 1 N–H and O–H groups in total. The number of halogens is 1. The molecule has 222 valence electrons. The van der Waals surface area contributed by atoms with Gasteiger partial charge >= 0.3 is 59.1 Å². The van der Waals surface area contributed by atoms with Gasteiger partial charge < -0.3 is 34.4 Å². The largest absolute Gasteiger partial charge is 1.00 e. The average molecular weight is 662 g/mol. The number of thiocarbonyl (C=S) groups is 1. The molecule has 1 amide bonds. The first-order valence-electron chi connectivity index (χ1n) is 13.5. The zero-order chi connectivity index (χ0) is 30.0. The smallest absolute Gasteiger partial charge is 0.545 e. The Hall–Kier alpha value is -1.53. The van der Waals surface area contributed by atoms with Crippen LogP contribution in [0.25, 0.3) is 10.9 Å². The number of rotatable bonds is 9. The second-order valence-corrected chi connectivity index (χ2v) is 12.2. The Bertz CT molecular complexity index is 1630. The van der Waals surface area contributed by atoms with Crippen LogP contribution in [-0.4, -0.2) is 92.1 Å². The van der Waals surface area contributed by atoms with Crippen molar-refractivity contribution in [1.82, 2.24) is 19.5 Å². The standard InChI is InChI=1S/C27H28FN5O7S2.2Na/c1-13(34)21-24(36)33-22(27(39)40)20(42-25(21)33)11-31(12-41)30-6-4-29(5-7-30)19-9-18-15(8-17(19)28)23(35)16(26(37)38)10-32(18)14-2-3-14;;/h8-10,12-14,21,25,34H,2-7,11H2,1H3,(H,37,38)(H,39,40);;/q;2*+1/p-2/t13-,21-,25-;;/m1../s1. The molecule has 17 heteroatoms. The van der Waals surface area contributed by atoms with Gasteiger partial charge in [-0.2, -0.15) is 0 Å². The predicted octanol–water partition coefficient (Wildman–Crippen LogP) is -6.98. The number of hydrogen-bond acceptors (Lipinski definition) is 11. The number of hydrazine groups is 1. The van der Waals surface area contributed by atoms with Gasteiger partial charge in [-0.1, -0.05) is 24.0 Å². The summed E-state index contributed by atoms with van der Waals surface area (Å²) in [5.74, 6) is -4.88. The first-order valence-corrected chi connectivity index (χ1v) is 14.8. The van der Waals surface area contributed by atoms with Crippen LogP contribution in [0.2, 0.25) is 0 Å². The summed E-state index contributed by atoms with van der Waals surface area (Å²) in [6.45, 7) is 3.15. The number of carbonyl (C=O) groups excluding carboxylic acids is 3. The molecule has 3 aliphatic heterocycles. The summed E-state index contributed by atoms with van der Waals surface area (Å²) in [4.78, 5) is 52.1. The van der Waals surface area contributed by atoms with Crippen molar-refractivity contribution in [2.75, 3.05) is 37.6 Å². The molecule has 4 aliphatic rings. The van der Waals surface area contributed by atoms with Crippen LogP contribution in [-0.2, 0) is 9.59 Å². The maximum atomic E-state index is 15.4. The minimum Gasteiger partial charge on any atom is -0.545 e. The normalized spacial score (nSPS) is 22.1. The van der Waals surface area contributed by atoms with E-state index in [1.165, 1.54) is 30.4 Å². The molecular formula is C27H26FN5Na2O7S2. The number of hydrogen-bond donors (Lipinski definition) is 1. The third-order valence-electron chi connectivity index (χ3n) is 8.21. The Morgan fingerprint density at radius 2 is 1.82 bits per heavy atom. The quantitative estimate of drug-likeness (QED) is 0.155. The van der Waals surface area contributed by atoms with E-state index < -0.39 is 52.1 Å². The van der Waals surface area contributed by atoms with E-state index in [1.54, 1.807) is 15.6 Å². The number of fused-ring (bicyclic) bond motifs is 2. The summed E-state index contributed by atoms with van der Waals surface area (Å²) >= 11 is 6.43. The molecule has 0 radical (unpaired) electrons. The summed E-state index contributed by atoms with van der Waals surface area (Å²) in [7, 11) is 0. The summed E-state index contributed by atoms with van der Waals surface area (Å²) in [6.07, 6.45) is 2.01. The van der Waals surface area contributed by atoms with Gasteiger partial charge in [0.25, 0.3) is 0 Å². The SMILES string of the molecule is C[C@@H](O)[C@@H]1C(=O)N2C(C(=O)[O-])=C(CN(C=S)N3CCN(c4cc5c(cc4F)c(=O)c(C(=O)[O-])cn5C4CC4)CC3)S[C@H]12.[Na+].[Na+]. The van der Waals surface area contributed by atoms with E-state index in [0.717, 1.165) is 23.8 Å². The number of aromatic nitrogens is 1. The van der Waals surface area contributed by atoms with Crippen molar-refractivity contribution in [2.24, 2.45) is 5.92 Å². The Balaban J connectivity index is 0.00000221. The number of carboxylic acid groups (broad SMARTS) is 2. The fourth-order valence-electron chi connectivity index (χ4n) is 5.90. The van der Waals surface area contributed by atoms with Crippen molar-refractivity contribution in [3.63, 3.8) is 0 Å². The number of amides is 1. The van der Waals surface area contributed by atoms with Crippen LogP contribution >= 0.6 is 24.0 Å². The van der Waals surface area contributed by atoms with Crippen molar-refractivity contribution < 1.29 is 93.2 Å². The van der Waals surface area contributed by atoms with E-state index in [4.69, 9.17) is 12.2 Å². The molecule has 1 aromatic heterocycles. The summed E-state index contributed by atoms with van der Waals surface area (Å²) in [6, 6.07) is 2.70. The zero-order valence-corrected chi connectivity index (χ0v) is 30.0. The maximum absolute atomic E-state index is 15.4. The van der Waals surface area contributed by atoms with Crippen LogP contribution in [0.5, 0.6) is 0 Å². The number of anilines is 1. The molecule has 44 heavy (non-hydrogen) atoms. The van der Waals surface area contributed by atoms with E-state index in [-0.39, 0.29) is 88.5 Å². The van der Waals surface area contributed by atoms with Gasteiger partial charge in [0.15, 0.2) is 5.43 Å². The zero-order valence-electron chi connectivity index (χ0n) is 24.4. The molecule has 3 atom stereocenters. The number of benzene rings is 1. The van der Waals surface area contributed by atoms with Gasteiger partial charge in [0.1, 0.15) is 11.2 Å². The van der Waals surface area contributed by atoms with Crippen LogP contribution in [0.3, 0.4) is 0 Å². The topological polar surface area (TPSA) is 153 Å². The van der Waals surface area contributed by atoms with Gasteiger partial charge in [0, 0.05) is 48.7 Å². The van der Waals surface area contributed by atoms with E-state index in [1.807, 2.05) is 9.91 Å². The molecule has 6 rings (SSSR count). The Morgan fingerprint density at radius 3 is 2.36 bits per heavy atom. The van der Waals surface area contributed by atoms with Gasteiger partial charge in [-0.3, -0.25) is 19.5 Å². The molecule has 4 heterocycles. The molecule has 1 saturated carbocycles. The fraction of sp³-hybridized carbons (Fsp3) is 0.444. The van der Waals surface area contributed by atoms with Crippen LogP contribution in [0, 0.1) is 11.7 Å². The number of carbonyl (C=O) groups is 3. The number of aliphatic carboxylic acids is 1. The second-order valence-electron chi connectivity index (χ2n) is 10.8. The second kappa shape index (κ2) is 13.7. The number of β-lactam (4-membered cyclic amide) rings is 1. The van der Waals surface area contributed by atoms with E-state index in [2.05, 4.69) is 0 Å². The van der Waals surface area contributed by atoms with E-state index >= 15 is 4.39 Å². The van der Waals surface area contributed by atoms with Gasteiger partial charge in [0.2, 0.25) is 5.91 Å². The molecule has 1 aliphatic carbocycles. The molecule has 0 unspecified atom stereocenters.